The molecule has 5 heteroatoms. The molecule has 1 aromatic carbocycles. The van der Waals surface area contributed by atoms with Gasteiger partial charge in [-0.25, -0.2) is 0 Å². The van der Waals surface area contributed by atoms with Gasteiger partial charge in [0.25, 0.3) is 0 Å². The molecule has 1 aromatic rings. The Morgan fingerprint density at radius 3 is 2.79 bits per heavy atom. The lowest BCUT2D eigenvalue weighted by molar-refractivity contribution is 0.373. The highest BCUT2D eigenvalue weighted by Gasteiger charge is 1.98. The summed E-state index contributed by atoms with van der Waals surface area (Å²) in [6.07, 6.45) is 0. The molecular formula is C9H10O3S2. The Kier molecular flexibility index (Phi) is 4.03. The van der Waals surface area contributed by atoms with Crippen LogP contribution in [0.4, 0.5) is 0 Å². The third-order valence-corrected chi connectivity index (χ3v) is 2.32. The summed E-state index contributed by atoms with van der Waals surface area (Å²) in [6, 6.07) is 5.50. The van der Waals surface area contributed by atoms with Crippen molar-refractivity contribution in [3.63, 3.8) is 0 Å². The highest BCUT2D eigenvalue weighted by atomic mass is 32.2. The molecule has 0 radical (unpaired) electrons. The SMILES string of the molecule is Cc1ccc(OCC=S(=O)=O)c(S)c1. The van der Waals surface area contributed by atoms with Gasteiger partial charge in [0.2, 0.25) is 10.3 Å². The minimum Gasteiger partial charge on any atom is -0.487 e. The molecule has 0 aliphatic carbocycles. The lowest BCUT2D eigenvalue weighted by Crippen LogP contribution is -1.99. The minimum absolute atomic E-state index is 0.0345. The van der Waals surface area contributed by atoms with E-state index in [4.69, 9.17) is 4.74 Å². The topological polar surface area (TPSA) is 43.4 Å². The number of rotatable bonds is 3. The maximum Gasteiger partial charge on any atom is 0.213 e. The van der Waals surface area contributed by atoms with Crippen LogP contribution in [0.15, 0.2) is 23.1 Å². The van der Waals surface area contributed by atoms with E-state index in [-0.39, 0.29) is 6.61 Å². The molecule has 0 saturated heterocycles. The summed E-state index contributed by atoms with van der Waals surface area (Å²) in [7, 11) is -2.18. The van der Waals surface area contributed by atoms with Crippen LogP contribution >= 0.6 is 12.6 Å². The highest BCUT2D eigenvalue weighted by Crippen LogP contribution is 2.22. The molecule has 0 spiro atoms. The van der Waals surface area contributed by atoms with Crippen LogP contribution in [-0.4, -0.2) is 20.4 Å². The molecule has 0 atom stereocenters. The summed E-state index contributed by atoms with van der Waals surface area (Å²) in [5, 5.41) is 1.05. The summed E-state index contributed by atoms with van der Waals surface area (Å²) in [5.74, 6) is 0.584. The molecule has 0 heterocycles. The third-order valence-electron chi connectivity index (χ3n) is 1.56. The first kappa shape index (κ1) is 11.1. The largest absolute Gasteiger partial charge is 0.487 e. The average molecular weight is 230 g/mol. The van der Waals surface area contributed by atoms with Crippen LogP contribution in [0.2, 0.25) is 0 Å². The fourth-order valence-electron chi connectivity index (χ4n) is 0.929. The van der Waals surface area contributed by atoms with Crippen molar-refractivity contribution in [1.29, 1.82) is 0 Å². The first-order chi connectivity index (χ1) is 6.59. The molecule has 0 aliphatic heterocycles. The second kappa shape index (κ2) is 5.07. The second-order valence-electron chi connectivity index (χ2n) is 2.71. The summed E-state index contributed by atoms with van der Waals surface area (Å²) < 4.78 is 25.5. The van der Waals surface area contributed by atoms with E-state index in [1.807, 2.05) is 19.1 Å². The molecular weight excluding hydrogens is 220 g/mol. The zero-order valence-electron chi connectivity index (χ0n) is 7.60. The van der Waals surface area contributed by atoms with Gasteiger partial charge < -0.3 is 4.74 Å². The second-order valence-corrected chi connectivity index (χ2v) is 4.05. The summed E-state index contributed by atoms with van der Waals surface area (Å²) >= 11 is 4.20. The van der Waals surface area contributed by atoms with Gasteiger partial charge in [0, 0.05) is 4.90 Å². The number of benzene rings is 1. The van der Waals surface area contributed by atoms with Gasteiger partial charge in [-0.3, -0.25) is 0 Å². The van der Waals surface area contributed by atoms with Crippen molar-refractivity contribution >= 4 is 28.3 Å². The number of hydrogen-bond acceptors (Lipinski definition) is 4. The normalized spacial score (nSPS) is 9.57. The maximum atomic E-state index is 10.2. The van der Waals surface area contributed by atoms with Crippen LogP contribution in [0.3, 0.4) is 0 Å². The van der Waals surface area contributed by atoms with Crippen molar-refractivity contribution in [2.45, 2.75) is 11.8 Å². The smallest absolute Gasteiger partial charge is 0.213 e. The molecule has 14 heavy (non-hydrogen) atoms. The van der Waals surface area contributed by atoms with E-state index >= 15 is 0 Å². The Hall–Kier alpha value is -0.940. The van der Waals surface area contributed by atoms with Crippen molar-refractivity contribution in [1.82, 2.24) is 0 Å². The van der Waals surface area contributed by atoms with Crippen molar-refractivity contribution in [3.05, 3.63) is 23.8 Å². The Labute approximate surface area is 89.7 Å². The van der Waals surface area contributed by atoms with E-state index in [0.29, 0.717) is 10.6 Å². The lowest BCUT2D eigenvalue weighted by atomic mass is 10.2. The molecule has 0 fully saturated rings. The minimum atomic E-state index is -2.18. The van der Waals surface area contributed by atoms with Crippen LogP contribution < -0.4 is 4.74 Å². The molecule has 3 nitrogen and oxygen atoms in total. The quantitative estimate of drug-likeness (QED) is 0.629. The monoisotopic (exact) mass is 230 g/mol. The fraction of sp³-hybridized carbons (Fsp3) is 0.222. The summed E-state index contributed by atoms with van der Waals surface area (Å²) in [4.78, 5) is 0.704. The van der Waals surface area contributed by atoms with E-state index in [2.05, 4.69) is 12.6 Å². The van der Waals surface area contributed by atoms with Gasteiger partial charge in [0.1, 0.15) is 12.4 Å². The lowest BCUT2D eigenvalue weighted by Gasteiger charge is -2.05. The first-order valence-electron chi connectivity index (χ1n) is 3.93. The molecule has 76 valence electrons. The van der Waals surface area contributed by atoms with Crippen LogP contribution in [-0.2, 0) is 10.3 Å². The molecule has 0 unspecified atom stereocenters. The van der Waals surface area contributed by atoms with Crippen LogP contribution in [0, 0.1) is 6.92 Å². The third kappa shape index (κ3) is 3.43. The van der Waals surface area contributed by atoms with E-state index in [9.17, 15) is 8.42 Å². The molecule has 0 aliphatic rings. The number of hydrogen-bond donors (Lipinski definition) is 1. The molecule has 0 saturated carbocycles. The zero-order chi connectivity index (χ0) is 10.6. The Balaban J connectivity index is 2.73. The number of thiol groups is 1. The predicted molar refractivity (Wildman–Crippen MR) is 58.9 cm³/mol. The van der Waals surface area contributed by atoms with Gasteiger partial charge in [-0.05, 0) is 24.6 Å². The van der Waals surface area contributed by atoms with E-state index in [0.717, 1.165) is 10.9 Å². The van der Waals surface area contributed by atoms with Crippen LogP contribution in [0.5, 0.6) is 5.75 Å². The molecule has 1 rings (SSSR count). The van der Waals surface area contributed by atoms with Gasteiger partial charge in [-0.1, -0.05) is 6.07 Å². The van der Waals surface area contributed by atoms with Gasteiger partial charge in [-0.15, -0.1) is 12.6 Å². The Bertz CT molecular complexity index is 441. The molecule has 0 N–H and O–H groups in total. The number of ether oxygens (including phenoxy) is 1. The zero-order valence-corrected chi connectivity index (χ0v) is 9.31. The number of aryl methyl sites for hydroxylation is 1. The van der Waals surface area contributed by atoms with Crippen LogP contribution in [0.25, 0.3) is 0 Å². The molecule has 0 bridgehead atoms. The van der Waals surface area contributed by atoms with Crippen molar-refractivity contribution < 1.29 is 13.2 Å². The van der Waals surface area contributed by atoms with Gasteiger partial charge in [0.05, 0.1) is 5.37 Å². The first-order valence-corrected chi connectivity index (χ1v) is 5.52. The van der Waals surface area contributed by atoms with Gasteiger partial charge in [-0.2, -0.15) is 8.42 Å². The van der Waals surface area contributed by atoms with Crippen molar-refractivity contribution in [3.8, 4) is 5.75 Å². The molecule has 0 amide bonds. The standard InChI is InChI=1S/C9H10O3S2/c1-7-2-3-8(9(13)6-7)12-4-5-14(10)11/h2-3,5-6,13H,4H2,1H3. The fourth-order valence-corrected chi connectivity index (χ4v) is 1.45. The predicted octanol–water partition coefficient (Wildman–Crippen LogP) is 1.34. The van der Waals surface area contributed by atoms with Crippen molar-refractivity contribution in [2.24, 2.45) is 0 Å². The summed E-state index contributed by atoms with van der Waals surface area (Å²) in [6.45, 7) is 1.98. The van der Waals surface area contributed by atoms with E-state index in [1.54, 1.807) is 6.07 Å². The Morgan fingerprint density at radius 1 is 1.50 bits per heavy atom. The maximum absolute atomic E-state index is 10.2. The summed E-state index contributed by atoms with van der Waals surface area (Å²) in [5.41, 5.74) is 1.08. The van der Waals surface area contributed by atoms with Gasteiger partial charge in [0.15, 0.2) is 0 Å². The van der Waals surface area contributed by atoms with E-state index in [1.165, 1.54) is 0 Å². The molecule has 0 aromatic heterocycles. The Morgan fingerprint density at radius 2 is 2.21 bits per heavy atom. The van der Waals surface area contributed by atoms with Gasteiger partial charge >= 0.3 is 0 Å². The average Bonchev–Trinajstić information content (AvgIpc) is 2.08. The van der Waals surface area contributed by atoms with Crippen LogP contribution in [0.1, 0.15) is 5.56 Å². The highest BCUT2D eigenvalue weighted by molar-refractivity contribution is 7.80. The van der Waals surface area contributed by atoms with E-state index < -0.39 is 10.3 Å². The van der Waals surface area contributed by atoms with Crippen molar-refractivity contribution in [2.75, 3.05) is 6.61 Å².